The Bertz CT molecular complexity index is 1260. The van der Waals surface area contributed by atoms with Crippen molar-refractivity contribution in [3.05, 3.63) is 115 Å². The van der Waals surface area contributed by atoms with Crippen LogP contribution in [-0.4, -0.2) is 14.7 Å². The number of benzene rings is 4. The maximum Gasteiger partial charge on any atom is 0.145 e. The van der Waals surface area contributed by atoms with Crippen molar-refractivity contribution in [1.82, 2.24) is 9.55 Å². The van der Waals surface area contributed by atoms with E-state index in [1.165, 1.54) is 0 Å². The second-order valence-electron chi connectivity index (χ2n) is 7.08. The largest absolute Gasteiger partial charge is 0.508 e. The Morgan fingerprint density at radius 3 is 1.67 bits per heavy atom. The number of hydrogen-bond acceptors (Lipinski definition) is 2. The van der Waals surface area contributed by atoms with Crippen LogP contribution in [0.3, 0.4) is 0 Å². The van der Waals surface area contributed by atoms with Gasteiger partial charge in [-0.2, -0.15) is 0 Å². The number of phenols is 1. The highest BCUT2D eigenvalue weighted by molar-refractivity contribution is 5.84. The van der Waals surface area contributed by atoms with Crippen LogP contribution < -0.4 is 0 Å². The van der Waals surface area contributed by atoms with Gasteiger partial charge in [-0.25, -0.2) is 4.98 Å². The van der Waals surface area contributed by atoms with E-state index in [1.807, 2.05) is 66.7 Å². The van der Waals surface area contributed by atoms with Crippen LogP contribution in [-0.2, 0) is 0 Å². The molecule has 5 rings (SSSR count). The standard InChI is InChI=1S/C27H20N2O/c30-24-18-16-22(17-19-24)27-28-25(20-10-4-1-5-11-20)26(21-12-6-2-7-13-21)29(27)23-14-8-3-9-15-23/h1-19,30H. The molecule has 3 nitrogen and oxygen atoms in total. The van der Waals surface area contributed by atoms with Gasteiger partial charge < -0.3 is 5.11 Å². The Kier molecular flexibility index (Phi) is 4.62. The van der Waals surface area contributed by atoms with Crippen LogP contribution in [0.4, 0.5) is 0 Å². The first kappa shape index (κ1) is 18.0. The molecule has 1 heterocycles. The second-order valence-corrected chi connectivity index (χ2v) is 7.08. The summed E-state index contributed by atoms with van der Waals surface area (Å²) in [5, 5.41) is 9.78. The Morgan fingerprint density at radius 1 is 0.533 bits per heavy atom. The molecule has 0 fully saturated rings. The van der Waals surface area contributed by atoms with Crippen molar-refractivity contribution in [3.8, 4) is 45.3 Å². The van der Waals surface area contributed by atoms with E-state index < -0.39 is 0 Å². The molecule has 4 aromatic carbocycles. The monoisotopic (exact) mass is 388 g/mol. The van der Waals surface area contributed by atoms with Crippen LogP contribution in [0, 0.1) is 0 Å². The molecule has 0 spiro atoms. The summed E-state index contributed by atoms with van der Waals surface area (Å²) >= 11 is 0. The molecule has 0 aliphatic heterocycles. The first-order chi connectivity index (χ1) is 14.8. The summed E-state index contributed by atoms with van der Waals surface area (Å²) in [6.07, 6.45) is 0. The molecule has 1 aromatic heterocycles. The molecule has 1 N–H and O–H groups in total. The molecule has 30 heavy (non-hydrogen) atoms. The minimum atomic E-state index is 0.239. The smallest absolute Gasteiger partial charge is 0.145 e. The highest BCUT2D eigenvalue weighted by Gasteiger charge is 2.22. The van der Waals surface area contributed by atoms with E-state index in [1.54, 1.807) is 12.1 Å². The highest BCUT2D eigenvalue weighted by Crippen LogP contribution is 2.38. The van der Waals surface area contributed by atoms with E-state index in [9.17, 15) is 5.11 Å². The van der Waals surface area contributed by atoms with E-state index in [4.69, 9.17) is 4.98 Å². The van der Waals surface area contributed by atoms with Crippen LogP contribution in [0.25, 0.3) is 39.6 Å². The number of phenolic OH excluding ortho intramolecular Hbond substituents is 1. The van der Waals surface area contributed by atoms with E-state index in [0.29, 0.717) is 0 Å². The number of para-hydroxylation sites is 1. The average molecular weight is 388 g/mol. The van der Waals surface area contributed by atoms with Crippen LogP contribution in [0.2, 0.25) is 0 Å². The summed E-state index contributed by atoms with van der Waals surface area (Å²) in [5.74, 6) is 1.07. The number of aromatic nitrogens is 2. The number of rotatable bonds is 4. The van der Waals surface area contributed by atoms with E-state index in [-0.39, 0.29) is 5.75 Å². The zero-order valence-electron chi connectivity index (χ0n) is 16.3. The van der Waals surface area contributed by atoms with Gasteiger partial charge in [0.2, 0.25) is 0 Å². The molecule has 0 unspecified atom stereocenters. The SMILES string of the molecule is Oc1ccc(-c2nc(-c3ccccc3)c(-c3ccccc3)n2-c2ccccc2)cc1. The van der Waals surface area contributed by atoms with Crippen molar-refractivity contribution in [2.24, 2.45) is 0 Å². The van der Waals surface area contributed by atoms with Gasteiger partial charge in [0, 0.05) is 22.4 Å². The van der Waals surface area contributed by atoms with Gasteiger partial charge in [-0.1, -0.05) is 78.9 Å². The van der Waals surface area contributed by atoms with Gasteiger partial charge in [-0.15, -0.1) is 0 Å². The first-order valence-electron chi connectivity index (χ1n) is 9.90. The Balaban J connectivity index is 1.88. The molecule has 0 amide bonds. The van der Waals surface area contributed by atoms with Gasteiger partial charge in [-0.3, -0.25) is 4.57 Å². The molecular formula is C27H20N2O. The summed E-state index contributed by atoms with van der Waals surface area (Å²) in [4.78, 5) is 5.11. The lowest BCUT2D eigenvalue weighted by Gasteiger charge is -2.13. The van der Waals surface area contributed by atoms with Crippen LogP contribution >= 0.6 is 0 Å². The summed E-state index contributed by atoms with van der Waals surface area (Å²) in [6.45, 7) is 0. The van der Waals surface area contributed by atoms with Gasteiger partial charge >= 0.3 is 0 Å². The zero-order valence-corrected chi connectivity index (χ0v) is 16.3. The zero-order chi connectivity index (χ0) is 20.3. The molecular weight excluding hydrogens is 368 g/mol. The molecule has 5 aromatic rings. The Hall–Kier alpha value is -4.11. The van der Waals surface area contributed by atoms with Crippen LogP contribution in [0.5, 0.6) is 5.75 Å². The van der Waals surface area contributed by atoms with E-state index >= 15 is 0 Å². The molecule has 0 aliphatic carbocycles. The van der Waals surface area contributed by atoms with E-state index in [2.05, 4.69) is 41.0 Å². The Labute approximate surface area is 175 Å². The van der Waals surface area contributed by atoms with Gasteiger partial charge in [0.15, 0.2) is 0 Å². The normalized spacial score (nSPS) is 10.8. The fraction of sp³-hybridized carbons (Fsp3) is 0. The molecule has 0 radical (unpaired) electrons. The van der Waals surface area contributed by atoms with Crippen molar-refractivity contribution in [3.63, 3.8) is 0 Å². The molecule has 3 heteroatoms. The predicted molar refractivity (Wildman–Crippen MR) is 122 cm³/mol. The topological polar surface area (TPSA) is 38.1 Å². The molecule has 0 saturated carbocycles. The highest BCUT2D eigenvalue weighted by atomic mass is 16.3. The minimum absolute atomic E-state index is 0.239. The lowest BCUT2D eigenvalue weighted by molar-refractivity contribution is 0.475. The Morgan fingerprint density at radius 2 is 1.07 bits per heavy atom. The predicted octanol–water partition coefficient (Wildman–Crippen LogP) is 6.58. The van der Waals surface area contributed by atoms with Crippen LogP contribution in [0.1, 0.15) is 0 Å². The van der Waals surface area contributed by atoms with Crippen molar-refractivity contribution < 1.29 is 5.11 Å². The molecule has 0 atom stereocenters. The molecule has 0 saturated heterocycles. The number of imidazole rings is 1. The maximum absolute atomic E-state index is 9.78. The van der Waals surface area contributed by atoms with Crippen molar-refractivity contribution in [2.75, 3.05) is 0 Å². The van der Waals surface area contributed by atoms with Gasteiger partial charge in [0.05, 0.1) is 11.4 Å². The third-order valence-electron chi connectivity index (χ3n) is 5.11. The third-order valence-corrected chi connectivity index (χ3v) is 5.11. The first-order valence-corrected chi connectivity index (χ1v) is 9.90. The maximum atomic E-state index is 9.78. The lowest BCUT2D eigenvalue weighted by Crippen LogP contribution is -2.00. The molecule has 144 valence electrons. The number of nitrogens with zero attached hydrogens (tertiary/aromatic N) is 2. The summed E-state index contributed by atoms with van der Waals surface area (Å²) in [6, 6.07) is 38.1. The summed E-state index contributed by atoms with van der Waals surface area (Å²) < 4.78 is 2.20. The van der Waals surface area contributed by atoms with Gasteiger partial charge in [0.1, 0.15) is 11.6 Å². The van der Waals surface area contributed by atoms with Crippen molar-refractivity contribution in [1.29, 1.82) is 0 Å². The quantitative estimate of drug-likeness (QED) is 0.378. The lowest BCUT2D eigenvalue weighted by atomic mass is 10.0. The fourth-order valence-electron chi connectivity index (χ4n) is 3.71. The van der Waals surface area contributed by atoms with E-state index in [0.717, 1.165) is 39.6 Å². The fourth-order valence-corrected chi connectivity index (χ4v) is 3.71. The van der Waals surface area contributed by atoms with Gasteiger partial charge in [-0.05, 0) is 36.4 Å². The van der Waals surface area contributed by atoms with Crippen molar-refractivity contribution >= 4 is 0 Å². The average Bonchev–Trinajstić information content (AvgIpc) is 3.22. The summed E-state index contributed by atoms with van der Waals surface area (Å²) in [7, 11) is 0. The number of hydrogen-bond donors (Lipinski definition) is 1. The molecule has 0 aliphatic rings. The van der Waals surface area contributed by atoms with Gasteiger partial charge in [0.25, 0.3) is 0 Å². The number of aromatic hydroxyl groups is 1. The molecule has 0 bridgehead atoms. The van der Waals surface area contributed by atoms with Crippen molar-refractivity contribution in [2.45, 2.75) is 0 Å². The minimum Gasteiger partial charge on any atom is -0.508 e. The summed E-state index contributed by atoms with van der Waals surface area (Å²) in [5.41, 5.74) is 6.10. The van der Waals surface area contributed by atoms with Crippen LogP contribution in [0.15, 0.2) is 115 Å². The third kappa shape index (κ3) is 3.27. The second kappa shape index (κ2) is 7.72.